The molecular formula is C12H18O2. The molecule has 2 heteroatoms. The van der Waals surface area contributed by atoms with E-state index >= 15 is 0 Å². The summed E-state index contributed by atoms with van der Waals surface area (Å²) in [5.41, 5.74) is -0.296. The van der Waals surface area contributed by atoms with Crippen LogP contribution < -0.4 is 0 Å². The van der Waals surface area contributed by atoms with E-state index in [0.717, 1.165) is 31.1 Å². The first-order valence-corrected chi connectivity index (χ1v) is 5.96. The highest BCUT2D eigenvalue weighted by Gasteiger charge is 2.56. The van der Waals surface area contributed by atoms with E-state index in [9.17, 15) is 9.90 Å². The molecule has 3 aliphatic carbocycles. The van der Waals surface area contributed by atoms with Crippen molar-refractivity contribution in [1.29, 1.82) is 0 Å². The highest BCUT2D eigenvalue weighted by atomic mass is 16.4. The molecule has 0 spiro atoms. The van der Waals surface area contributed by atoms with Gasteiger partial charge in [0.1, 0.15) is 0 Å². The molecule has 14 heavy (non-hydrogen) atoms. The topological polar surface area (TPSA) is 37.3 Å². The maximum atomic E-state index is 11.5. The quantitative estimate of drug-likeness (QED) is 0.696. The number of carboxylic acid groups (broad SMARTS) is 1. The third kappa shape index (κ3) is 0.945. The summed E-state index contributed by atoms with van der Waals surface area (Å²) < 4.78 is 0. The molecule has 0 aromatic carbocycles. The largest absolute Gasteiger partial charge is 0.481 e. The molecule has 1 N–H and O–H groups in total. The zero-order valence-corrected chi connectivity index (χ0v) is 8.54. The molecule has 0 aromatic heterocycles. The number of carboxylic acids is 1. The number of hydrogen-bond acceptors (Lipinski definition) is 1. The summed E-state index contributed by atoms with van der Waals surface area (Å²) in [6.07, 6.45) is 8.12. The van der Waals surface area contributed by atoms with Crippen LogP contribution in [0.3, 0.4) is 0 Å². The van der Waals surface area contributed by atoms with Crippen molar-refractivity contribution in [1.82, 2.24) is 0 Å². The third-order valence-electron chi connectivity index (χ3n) is 5.17. The van der Waals surface area contributed by atoms with Gasteiger partial charge in [0.15, 0.2) is 0 Å². The Bertz CT molecular complexity index is 273. The molecule has 4 bridgehead atoms. The van der Waals surface area contributed by atoms with Gasteiger partial charge in [0.25, 0.3) is 0 Å². The van der Waals surface area contributed by atoms with Crippen LogP contribution in [0.4, 0.5) is 0 Å². The zero-order valence-electron chi connectivity index (χ0n) is 8.54. The average molecular weight is 194 g/mol. The Morgan fingerprint density at radius 2 is 2.07 bits per heavy atom. The summed E-state index contributed by atoms with van der Waals surface area (Å²) in [6.45, 7) is 0. The maximum Gasteiger partial charge on any atom is 0.309 e. The molecule has 3 rings (SSSR count). The summed E-state index contributed by atoms with van der Waals surface area (Å²) in [4.78, 5) is 11.5. The number of hydrogen-bond donors (Lipinski definition) is 1. The Labute approximate surface area is 84.7 Å². The lowest BCUT2D eigenvalue weighted by Gasteiger charge is -2.46. The van der Waals surface area contributed by atoms with Gasteiger partial charge < -0.3 is 5.11 Å². The monoisotopic (exact) mass is 194 g/mol. The fourth-order valence-corrected chi connectivity index (χ4v) is 4.44. The molecule has 3 saturated carbocycles. The van der Waals surface area contributed by atoms with Crippen molar-refractivity contribution < 1.29 is 9.90 Å². The number of carbonyl (C=O) groups is 1. The molecule has 0 amide bonds. The van der Waals surface area contributed by atoms with Crippen molar-refractivity contribution in [3.63, 3.8) is 0 Å². The fraction of sp³-hybridized carbons (Fsp3) is 0.917. The standard InChI is InChI=1S/C12H18O2/c13-11(14)12-5-1-2-9(7-12)8-3-4-10(12)6-8/h8-10H,1-7H2,(H,13,14)/t8-,9+,10+,12+/m0/s1. The predicted molar refractivity (Wildman–Crippen MR) is 52.9 cm³/mol. The van der Waals surface area contributed by atoms with Crippen LogP contribution in [0.2, 0.25) is 0 Å². The smallest absolute Gasteiger partial charge is 0.309 e. The van der Waals surface area contributed by atoms with E-state index in [1.807, 2.05) is 0 Å². The molecule has 0 saturated heterocycles. The van der Waals surface area contributed by atoms with Crippen molar-refractivity contribution >= 4 is 5.97 Å². The predicted octanol–water partition coefficient (Wildman–Crippen LogP) is 2.68. The normalized spacial score (nSPS) is 50.4. The molecule has 0 aromatic rings. The summed E-state index contributed by atoms with van der Waals surface area (Å²) in [5.74, 6) is 1.65. The second kappa shape index (κ2) is 2.74. The van der Waals surface area contributed by atoms with Gasteiger partial charge in [-0.15, -0.1) is 0 Å². The van der Waals surface area contributed by atoms with E-state index in [-0.39, 0.29) is 5.41 Å². The lowest BCUT2D eigenvalue weighted by molar-refractivity contribution is -0.159. The highest BCUT2D eigenvalue weighted by molar-refractivity contribution is 5.75. The number of fused-ring (bicyclic) bond motifs is 6. The number of aliphatic carboxylic acids is 1. The molecule has 0 radical (unpaired) electrons. The van der Waals surface area contributed by atoms with Gasteiger partial charge in [-0.05, 0) is 49.9 Å². The Hall–Kier alpha value is -0.530. The number of rotatable bonds is 1. The molecular weight excluding hydrogens is 176 g/mol. The van der Waals surface area contributed by atoms with Gasteiger partial charge in [0.05, 0.1) is 5.41 Å². The van der Waals surface area contributed by atoms with Gasteiger partial charge in [-0.3, -0.25) is 4.79 Å². The van der Waals surface area contributed by atoms with Crippen LogP contribution in [-0.2, 0) is 4.79 Å². The molecule has 2 nitrogen and oxygen atoms in total. The second-order valence-corrected chi connectivity index (χ2v) is 5.59. The lowest BCUT2D eigenvalue weighted by Crippen LogP contribution is -2.45. The maximum absolute atomic E-state index is 11.5. The van der Waals surface area contributed by atoms with Crippen LogP contribution in [0.25, 0.3) is 0 Å². The summed E-state index contributed by atoms with van der Waals surface area (Å²) in [5, 5.41) is 9.46. The Balaban J connectivity index is 1.99. The Morgan fingerprint density at radius 3 is 2.86 bits per heavy atom. The van der Waals surface area contributed by atoms with Crippen LogP contribution in [0.15, 0.2) is 0 Å². The first-order valence-electron chi connectivity index (χ1n) is 5.96. The highest BCUT2D eigenvalue weighted by Crippen LogP contribution is 2.60. The molecule has 78 valence electrons. The minimum Gasteiger partial charge on any atom is -0.481 e. The summed E-state index contributed by atoms with van der Waals surface area (Å²) in [6, 6.07) is 0. The van der Waals surface area contributed by atoms with Gasteiger partial charge in [-0.25, -0.2) is 0 Å². The lowest BCUT2D eigenvalue weighted by atomic mass is 9.57. The second-order valence-electron chi connectivity index (χ2n) is 5.59. The molecule has 3 aliphatic rings. The van der Waals surface area contributed by atoms with Crippen molar-refractivity contribution in [3.05, 3.63) is 0 Å². The van der Waals surface area contributed by atoms with E-state index in [4.69, 9.17) is 0 Å². The van der Waals surface area contributed by atoms with Gasteiger partial charge in [0, 0.05) is 0 Å². The minimum atomic E-state index is -0.493. The summed E-state index contributed by atoms with van der Waals surface area (Å²) >= 11 is 0. The van der Waals surface area contributed by atoms with E-state index in [0.29, 0.717) is 5.92 Å². The van der Waals surface area contributed by atoms with Crippen LogP contribution in [0.1, 0.15) is 44.9 Å². The third-order valence-corrected chi connectivity index (χ3v) is 5.17. The average Bonchev–Trinajstić information content (AvgIpc) is 2.62. The molecule has 4 atom stereocenters. The van der Waals surface area contributed by atoms with Crippen molar-refractivity contribution in [2.24, 2.45) is 23.2 Å². The Kier molecular flexibility index (Phi) is 1.71. The molecule has 3 fully saturated rings. The van der Waals surface area contributed by atoms with Crippen molar-refractivity contribution in [3.8, 4) is 0 Å². The zero-order chi connectivity index (χ0) is 9.76. The first-order chi connectivity index (χ1) is 6.72. The van der Waals surface area contributed by atoms with E-state index in [1.165, 1.54) is 25.7 Å². The van der Waals surface area contributed by atoms with Crippen LogP contribution >= 0.6 is 0 Å². The van der Waals surface area contributed by atoms with E-state index in [1.54, 1.807) is 0 Å². The molecule has 0 aliphatic heterocycles. The van der Waals surface area contributed by atoms with E-state index < -0.39 is 5.97 Å². The molecule has 0 heterocycles. The summed E-state index contributed by atoms with van der Waals surface area (Å²) in [7, 11) is 0. The van der Waals surface area contributed by atoms with Gasteiger partial charge in [-0.2, -0.15) is 0 Å². The van der Waals surface area contributed by atoms with Crippen LogP contribution in [0.5, 0.6) is 0 Å². The first kappa shape index (κ1) is 8.75. The van der Waals surface area contributed by atoms with Crippen molar-refractivity contribution in [2.45, 2.75) is 44.9 Å². The fourth-order valence-electron chi connectivity index (χ4n) is 4.44. The molecule has 0 unspecified atom stereocenters. The van der Waals surface area contributed by atoms with Crippen LogP contribution in [-0.4, -0.2) is 11.1 Å². The Morgan fingerprint density at radius 1 is 1.21 bits per heavy atom. The van der Waals surface area contributed by atoms with Gasteiger partial charge in [0.2, 0.25) is 0 Å². The van der Waals surface area contributed by atoms with Crippen LogP contribution in [0, 0.1) is 23.2 Å². The van der Waals surface area contributed by atoms with Gasteiger partial charge >= 0.3 is 5.97 Å². The van der Waals surface area contributed by atoms with Gasteiger partial charge in [-0.1, -0.05) is 12.8 Å². The van der Waals surface area contributed by atoms with Crippen molar-refractivity contribution in [2.75, 3.05) is 0 Å². The van der Waals surface area contributed by atoms with E-state index in [2.05, 4.69) is 0 Å². The SMILES string of the molecule is O=C(O)[C@]12CCC[C@H](C1)[C@H]1CC[C@@H]2C1. The minimum absolute atomic E-state index is 0.296.